The second kappa shape index (κ2) is 6.09. The third-order valence-corrected chi connectivity index (χ3v) is 3.83. The van der Waals surface area contributed by atoms with E-state index < -0.39 is 10.5 Å². The summed E-state index contributed by atoms with van der Waals surface area (Å²) in [6, 6.07) is 4.30. The van der Waals surface area contributed by atoms with Gasteiger partial charge >= 0.3 is 5.69 Å². The molecule has 7 nitrogen and oxygen atoms in total. The first kappa shape index (κ1) is 15.2. The van der Waals surface area contributed by atoms with Crippen LogP contribution >= 0.6 is 0 Å². The fraction of sp³-hybridized carbons (Fsp3) is 0.500. The summed E-state index contributed by atoms with van der Waals surface area (Å²) in [4.78, 5) is 22.7. The van der Waals surface area contributed by atoms with E-state index in [1.807, 2.05) is 0 Å². The molecule has 0 bridgehead atoms. The molecule has 0 radical (unpaired) electrons. The quantitative estimate of drug-likeness (QED) is 0.653. The molecule has 7 heteroatoms. The first-order chi connectivity index (χ1) is 9.96. The summed E-state index contributed by atoms with van der Waals surface area (Å²) in [5, 5.41) is 13.6. The highest BCUT2D eigenvalue weighted by Crippen LogP contribution is 2.31. The molecule has 1 aliphatic rings. The second-order valence-electron chi connectivity index (χ2n) is 5.31. The Morgan fingerprint density at radius 2 is 2.05 bits per heavy atom. The van der Waals surface area contributed by atoms with Gasteiger partial charge in [-0.3, -0.25) is 14.9 Å². The third-order valence-electron chi connectivity index (χ3n) is 3.83. The number of hydrogen-bond acceptors (Lipinski definition) is 5. The van der Waals surface area contributed by atoms with Gasteiger partial charge in [0.25, 0.3) is 0 Å². The van der Waals surface area contributed by atoms with Crippen LogP contribution in [-0.4, -0.2) is 23.5 Å². The Hall–Kier alpha value is -2.15. The zero-order chi connectivity index (χ0) is 15.5. The highest BCUT2D eigenvalue weighted by molar-refractivity contribution is 5.98. The normalized spacial score (nSPS) is 17.0. The average Bonchev–Trinajstić information content (AvgIpc) is 2.47. The van der Waals surface area contributed by atoms with Gasteiger partial charge in [-0.15, -0.1) is 0 Å². The van der Waals surface area contributed by atoms with Gasteiger partial charge in [-0.2, -0.15) is 0 Å². The van der Waals surface area contributed by atoms with Crippen molar-refractivity contribution in [2.24, 2.45) is 5.73 Å². The molecule has 0 aliphatic heterocycles. The maximum atomic E-state index is 12.3. The predicted molar refractivity (Wildman–Crippen MR) is 78.3 cm³/mol. The summed E-state index contributed by atoms with van der Waals surface area (Å²) in [5.74, 6) is -0.139. The summed E-state index contributed by atoms with van der Waals surface area (Å²) in [5.41, 5.74) is 5.41. The molecular weight excluding hydrogens is 274 g/mol. The van der Waals surface area contributed by atoms with Crippen LogP contribution in [0, 0.1) is 10.1 Å². The Morgan fingerprint density at radius 3 is 2.62 bits per heavy atom. The number of carbonyl (C=O) groups is 1. The largest absolute Gasteiger partial charge is 0.490 e. The number of anilines is 1. The summed E-state index contributed by atoms with van der Waals surface area (Å²) in [6.07, 6.45) is 4.20. The molecule has 0 unspecified atom stereocenters. The molecule has 1 aromatic rings. The topological polar surface area (TPSA) is 107 Å². The van der Waals surface area contributed by atoms with Gasteiger partial charge < -0.3 is 15.8 Å². The molecule has 0 spiro atoms. The van der Waals surface area contributed by atoms with Crippen LogP contribution in [0.15, 0.2) is 18.2 Å². The van der Waals surface area contributed by atoms with Crippen LogP contribution in [0.1, 0.15) is 32.1 Å². The predicted octanol–water partition coefficient (Wildman–Crippen LogP) is 2.20. The zero-order valence-corrected chi connectivity index (χ0v) is 11.9. The molecule has 114 valence electrons. The Morgan fingerprint density at radius 1 is 1.38 bits per heavy atom. The van der Waals surface area contributed by atoms with Crippen molar-refractivity contribution in [2.45, 2.75) is 37.6 Å². The molecule has 1 amide bonds. The fourth-order valence-electron chi connectivity index (χ4n) is 2.58. The number of ether oxygens (including phenoxy) is 1. The summed E-state index contributed by atoms with van der Waals surface area (Å²) in [7, 11) is 1.36. The minimum Gasteiger partial charge on any atom is -0.490 e. The van der Waals surface area contributed by atoms with E-state index in [1.54, 1.807) is 6.07 Å². The number of nitrogens with one attached hydrogen (secondary N) is 1. The van der Waals surface area contributed by atoms with E-state index in [0.29, 0.717) is 18.5 Å². The molecule has 0 aromatic heterocycles. The molecule has 0 atom stereocenters. The Labute approximate surface area is 122 Å². The third kappa shape index (κ3) is 3.30. The van der Waals surface area contributed by atoms with Crippen LogP contribution in [-0.2, 0) is 4.79 Å². The molecule has 1 saturated carbocycles. The number of amides is 1. The van der Waals surface area contributed by atoms with Crippen molar-refractivity contribution in [3.05, 3.63) is 28.3 Å². The standard InChI is InChI=1S/C14H19N3O4/c1-21-12-6-5-10(9-11(12)17(19)20)16-13(18)14(15)7-3-2-4-8-14/h5-6,9H,2-4,7-8,15H2,1H3,(H,16,18). The smallest absolute Gasteiger partial charge is 0.312 e. The van der Waals surface area contributed by atoms with Gasteiger partial charge in [0, 0.05) is 11.8 Å². The van der Waals surface area contributed by atoms with Crippen LogP contribution in [0.5, 0.6) is 5.75 Å². The molecule has 1 aromatic carbocycles. The highest BCUT2D eigenvalue weighted by Gasteiger charge is 2.35. The fourth-order valence-corrected chi connectivity index (χ4v) is 2.58. The number of rotatable bonds is 4. The van der Waals surface area contributed by atoms with Crippen molar-refractivity contribution in [2.75, 3.05) is 12.4 Å². The zero-order valence-electron chi connectivity index (χ0n) is 11.9. The number of methoxy groups -OCH3 is 1. The van der Waals surface area contributed by atoms with Gasteiger partial charge in [-0.1, -0.05) is 19.3 Å². The number of nitro benzene ring substituents is 1. The number of carbonyl (C=O) groups excluding carboxylic acids is 1. The average molecular weight is 293 g/mol. The molecule has 0 heterocycles. The van der Waals surface area contributed by atoms with Crippen molar-refractivity contribution >= 4 is 17.3 Å². The summed E-state index contributed by atoms with van der Waals surface area (Å²) < 4.78 is 4.92. The van der Waals surface area contributed by atoms with Crippen LogP contribution in [0.4, 0.5) is 11.4 Å². The van der Waals surface area contributed by atoms with E-state index >= 15 is 0 Å². The minimum absolute atomic E-state index is 0.151. The first-order valence-corrected chi connectivity index (χ1v) is 6.89. The van der Waals surface area contributed by atoms with Gasteiger partial charge in [-0.05, 0) is 25.0 Å². The van der Waals surface area contributed by atoms with Crippen LogP contribution < -0.4 is 15.8 Å². The van der Waals surface area contributed by atoms with Crippen molar-refractivity contribution in [1.82, 2.24) is 0 Å². The number of benzene rings is 1. The van der Waals surface area contributed by atoms with E-state index in [9.17, 15) is 14.9 Å². The van der Waals surface area contributed by atoms with Crippen molar-refractivity contribution < 1.29 is 14.5 Å². The van der Waals surface area contributed by atoms with E-state index in [2.05, 4.69) is 5.32 Å². The summed E-state index contributed by atoms with van der Waals surface area (Å²) >= 11 is 0. The van der Waals surface area contributed by atoms with Gasteiger partial charge in [-0.25, -0.2) is 0 Å². The lowest BCUT2D eigenvalue weighted by Gasteiger charge is -2.31. The SMILES string of the molecule is COc1ccc(NC(=O)C2(N)CCCCC2)cc1[N+](=O)[O-]. The van der Waals surface area contributed by atoms with E-state index in [-0.39, 0.29) is 17.3 Å². The van der Waals surface area contributed by atoms with Crippen molar-refractivity contribution in [3.63, 3.8) is 0 Å². The lowest BCUT2D eigenvalue weighted by Crippen LogP contribution is -2.52. The van der Waals surface area contributed by atoms with Crippen molar-refractivity contribution in [3.8, 4) is 5.75 Å². The first-order valence-electron chi connectivity index (χ1n) is 6.89. The van der Waals surface area contributed by atoms with Crippen LogP contribution in [0.25, 0.3) is 0 Å². The van der Waals surface area contributed by atoms with E-state index in [0.717, 1.165) is 19.3 Å². The Bertz CT molecular complexity index is 553. The maximum absolute atomic E-state index is 12.3. The lowest BCUT2D eigenvalue weighted by atomic mass is 9.82. The van der Waals surface area contributed by atoms with Crippen LogP contribution in [0.2, 0.25) is 0 Å². The molecule has 2 rings (SSSR count). The van der Waals surface area contributed by atoms with Gasteiger partial charge in [0.05, 0.1) is 17.6 Å². The monoisotopic (exact) mass is 293 g/mol. The summed E-state index contributed by atoms with van der Waals surface area (Å²) in [6.45, 7) is 0. The van der Waals surface area contributed by atoms with E-state index in [1.165, 1.54) is 19.2 Å². The van der Waals surface area contributed by atoms with Gasteiger partial charge in [0.15, 0.2) is 5.75 Å². The maximum Gasteiger partial charge on any atom is 0.312 e. The minimum atomic E-state index is -0.882. The molecule has 1 fully saturated rings. The van der Waals surface area contributed by atoms with E-state index in [4.69, 9.17) is 10.5 Å². The number of nitro groups is 1. The van der Waals surface area contributed by atoms with Gasteiger partial charge in [0.2, 0.25) is 5.91 Å². The molecule has 21 heavy (non-hydrogen) atoms. The van der Waals surface area contributed by atoms with Crippen LogP contribution in [0.3, 0.4) is 0 Å². The Kier molecular flexibility index (Phi) is 4.42. The molecular formula is C14H19N3O4. The van der Waals surface area contributed by atoms with Crippen molar-refractivity contribution in [1.29, 1.82) is 0 Å². The number of hydrogen-bond donors (Lipinski definition) is 2. The second-order valence-corrected chi connectivity index (χ2v) is 5.31. The number of nitrogens with zero attached hydrogens (tertiary/aromatic N) is 1. The molecule has 0 saturated heterocycles. The molecule has 3 N–H and O–H groups in total. The molecule has 1 aliphatic carbocycles. The highest BCUT2D eigenvalue weighted by atomic mass is 16.6. The van der Waals surface area contributed by atoms with Gasteiger partial charge in [0.1, 0.15) is 0 Å². The lowest BCUT2D eigenvalue weighted by molar-refractivity contribution is -0.385. The number of nitrogens with two attached hydrogens (primary N) is 1. The Balaban J connectivity index is 2.17.